The van der Waals surface area contributed by atoms with Crippen molar-refractivity contribution < 1.29 is 4.39 Å². The monoisotopic (exact) mass is 170 g/mol. The van der Waals surface area contributed by atoms with Gasteiger partial charge >= 0.3 is 3.92 Å². The molecule has 0 fully saturated rings. The minimum absolute atomic E-state index is 0. The van der Waals surface area contributed by atoms with E-state index in [1.807, 2.05) is 0 Å². The lowest BCUT2D eigenvalue weighted by Gasteiger charge is -1.91. The fourth-order valence-electron chi connectivity index (χ4n) is 0. The molecule has 0 N–H and O–H groups in total. The molecule has 0 unspecified atom stereocenters. The molecule has 0 amide bonds. The first-order valence-corrected chi connectivity index (χ1v) is 1.99. The van der Waals surface area contributed by atoms with E-state index < -0.39 is 3.92 Å². The van der Waals surface area contributed by atoms with Crippen LogP contribution in [0.3, 0.4) is 0 Å². The third kappa shape index (κ3) is 67.1. The van der Waals surface area contributed by atoms with Crippen LogP contribution in [-0.4, -0.2) is 3.92 Å². The van der Waals surface area contributed by atoms with Gasteiger partial charge < -0.3 is 0 Å². The van der Waals surface area contributed by atoms with Crippen molar-refractivity contribution in [2.45, 2.75) is 3.92 Å². The van der Waals surface area contributed by atoms with Crippen LogP contribution in [0.2, 0.25) is 0 Å². The van der Waals surface area contributed by atoms with Crippen LogP contribution in [0.15, 0.2) is 0 Å². The third-order valence-corrected chi connectivity index (χ3v) is 0. The molecule has 0 aromatic carbocycles. The second kappa shape index (κ2) is 3.19. The summed E-state index contributed by atoms with van der Waals surface area (Å²) in [5.74, 6) is 0. The van der Waals surface area contributed by atoms with Crippen LogP contribution in [0.5, 0.6) is 0 Å². The lowest BCUT2D eigenvalue weighted by Crippen LogP contribution is -1.84. The zero-order chi connectivity index (χ0) is 4.50. The quantitative estimate of drug-likeness (QED) is 0.420. The number of hydrogen-bond donors (Lipinski definition) is 1. The van der Waals surface area contributed by atoms with Gasteiger partial charge in [-0.25, -0.2) is 0 Å². The van der Waals surface area contributed by atoms with Gasteiger partial charge in [0.05, 0.1) is 0 Å². The average molecular weight is 171 g/mol. The van der Waals surface area contributed by atoms with Gasteiger partial charge in [0.15, 0.2) is 0 Å². The van der Waals surface area contributed by atoms with E-state index in [2.05, 4.69) is 35.8 Å². The number of thiol groups is 1. The van der Waals surface area contributed by atoms with Crippen LogP contribution in [-0.2, 0) is 0 Å². The molecule has 0 aliphatic rings. The highest BCUT2D eigenvalue weighted by atomic mass is 35.5. The van der Waals surface area contributed by atoms with Crippen LogP contribution in [0.25, 0.3) is 0 Å². The number of rotatable bonds is 0. The zero-order valence-electron chi connectivity index (χ0n) is 2.49. The van der Waals surface area contributed by atoms with Crippen molar-refractivity contribution in [3.05, 3.63) is 0 Å². The molecule has 0 radical (unpaired) electrons. The minimum atomic E-state index is -2.36. The Labute approximate surface area is 56.8 Å². The van der Waals surface area contributed by atoms with Gasteiger partial charge in [-0.1, -0.05) is 23.2 Å². The summed E-state index contributed by atoms with van der Waals surface area (Å²) in [7, 11) is 0. The van der Waals surface area contributed by atoms with E-state index in [4.69, 9.17) is 0 Å². The van der Waals surface area contributed by atoms with Crippen molar-refractivity contribution in [2.75, 3.05) is 0 Å². The Balaban J connectivity index is 0. The molecule has 0 rings (SSSR count). The molecule has 0 aliphatic carbocycles. The van der Waals surface area contributed by atoms with E-state index in [1.165, 1.54) is 0 Å². The summed E-state index contributed by atoms with van der Waals surface area (Å²) in [6.07, 6.45) is 0. The molecular weight excluding hydrogens is 169 g/mol. The number of alkyl halides is 3. The number of halogens is 4. The summed E-state index contributed by atoms with van der Waals surface area (Å²) in [5, 5.41) is 0. The first-order chi connectivity index (χ1) is 2.00. The molecule has 0 nitrogen and oxygen atoms in total. The first kappa shape index (κ1) is 10.2. The van der Waals surface area contributed by atoms with Gasteiger partial charge in [0.1, 0.15) is 0 Å². The van der Waals surface area contributed by atoms with Crippen molar-refractivity contribution in [3.63, 3.8) is 0 Å². The normalized spacial score (nSPS) is 10.0. The van der Waals surface area contributed by atoms with Crippen LogP contribution >= 0.6 is 48.2 Å². The maximum atomic E-state index is 11.1. The third-order valence-electron chi connectivity index (χ3n) is 0. The van der Waals surface area contributed by atoms with Gasteiger partial charge in [0, 0.05) is 0 Å². The molecule has 5 heteroatoms. The summed E-state index contributed by atoms with van der Waals surface area (Å²) in [4.78, 5) is 0. The standard InChI is InChI=1S/CHCl2FS.ClH/c2-1(3,4)5;/h5H;1H. The van der Waals surface area contributed by atoms with Gasteiger partial charge in [0.2, 0.25) is 0 Å². The van der Waals surface area contributed by atoms with Crippen molar-refractivity contribution in [3.8, 4) is 0 Å². The van der Waals surface area contributed by atoms with E-state index >= 15 is 0 Å². The van der Waals surface area contributed by atoms with Gasteiger partial charge in [-0.15, -0.1) is 25.0 Å². The maximum absolute atomic E-state index is 11.1. The Morgan fingerprint density at radius 2 is 1.50 bits per heavy atom. The lowest BCUT2D eigenvalue weighted by molar-refractivity contribution is 0.519. The van der Waals surface area contributed by atoms with Gasteiger partial charge in [0.25, 0.3) is 0 Å². The molecule has 0 aromatic heterocycles. The second-order valence-electron chi connectivity index (χ2n) is 0.468. The molecule has 40 valence electrons. The molecule has 6 heavy (non-hydrogen) atoms. The molecule has 0 saturated carbocycles. The first-order valence-electron chi connectivity index (χ1n) is 0.791. The van der Waals surface area contributed by atoms with Crippen LogP contribution < -0.4 is 0 Å². The molecule has 0 spiro atoms. The van der Waals surface area contributed by atoms with E-state index in [0.717, 1.165) is 0 Å². The predicted molar refractivity (Wildman–Crippen MR) is 31.8 cm³/mol. The highest BCUT2D eigenvalue weighted by Crippen LogP contribution is 2.25. The number of hydrogen-bond acceptors (Lipinski definition) is 1. The minimum Gasteiger partial charge on any atom is -0.196 e. The van der Waals surface area contributed by atoms with Crippen molar-refractivity contribution in [1.29, 1.82) is 0 Å². The molecule has 0 saturated heterocycles. The fourth-order valence-corrected chi connectivity index (χ4v) is 0. The Morgan fingerprint density at radius 1 is 1.50 bits per heavy atom. The fraction of sp³-hybridized carbons (Fsp3) is 1.00. The molecule has 0 aromatic rings. The lowest BCUT2D eigenvalue weighted by atomic mass is 11.7. The summed E-state index contributed by atoms with van der Waals surface area (Å²) in [6.45, 7) is 0. The summed E-state index contributed by atoms with van der Waals surface area (Å²) < 4.78 is 8.72. The average Bonchev–Trinajstić information content (AvgIpc) is 0.722. The largest absolute Gasteiger partial charge is 0.302 e. The Kier molecular flexibility index (Phi) is 5.42. The Morgan fingerprint density at radius 3 is 1.50 bits per heavy atom. The van der Waals surface area contributed by atoms with Crippen molar-refractivity contribution >= 4 is 48.2 Å². The highest BCUT2D eigenvalue weighted by Gasteiger charge is 2.11. The van der Waals surface area contributed by atoms with Gasteiger partial charge in [-0.2, -0.15) is 4.39 Å². The van der Waals surface area contributed by atoms with Crippen LogP contribution in [0.1, 0.15) is 0 Å². The summed E-state index contributed by atoms with van der Waals surface area (Å²) in [6, 6.07) is 0. The highest BCUT2D eigenvalue weighted by molar-refractivity contribution is 7.84. The van der Waals surface area contributed by atoms with E-state index in [9.17, 15) is 4.39 Å². The second-order valence-corrected chi connectivity index (χ2v) is 2.85. The molecular formula is CH2Cl3FS. The molecule has 0 heterocycles. The summed E-state index contributed by atoms with van der Waals surface area (Å²) >= 11 is 12.0. The zero-order valence-corrected chi connectivity index (χ0v) is 5.71. The van der Waals surface area contributed by atoms with Crippen LogP contribution in [0.4, 0.5) is 4.39 Å². The smallest absolute Gasteiger partial charge is 0.196 e. The van der Waals surface area contributed by atoms with Crippen molar-refractivity contribution in [2.24, 2.45) is 0 Å². The summed E-state index contributed by atoms with van der Waals surface area (Å²) in [5.41, 5.74) is 0. The van der Waals surface area contributed by atoms with Gasteiger partial charge in [-0.3, -0.25) is 0 Å². The maximum Gasteiger partial charge on any atom is 0.302 e. The van der Waals surface area contributed by atoms with E-state index in [0.29, 0.717) is 0 Å². The Hall–Kier alpha value is 1.15. The van der Waals surface area contributed by atoms with Gasteiger partial charge in [-0.05, 0) is 0 Å². The molecule has 0 aliphatic heterocycles. The predicted octanol–water partition coefficient (Wildman–Crippen LogP) is 2.40. The van der Waals surface area contributed by atoms with Crippen LogP contribution in [0, 0.1) is 0 Å². The van der Waals surface area contributed by atoms with E-state index in [1.54, 1.807) is 0 Å². The Bertz CT molecular complexity index is 26.3. The van der Waals surface area contributed by atoms with E-state index in [-0.39, 0.29) is 12.4 Å². The topological polar surface area (TPSA) is 0 Å². The SMILES string of the molecule is Cl.FC(S)(Cl)Cl. The molecule has 0 bridgehead atoms. The molecule has 0 atom stereocenters. The van der Waals surface area contributed by atoms with Crippen molar-refractivity contribution in [1.82, 2.24) is 0 Å².